The van der Waals surface area contributed by atoms with Crippen LogP contribution in [0.25, 0.3) is 0 Å². The van der Waals surface area contributed by atoms with Gasteiger partial charge in [-0.25, -0.2) is 8.78 Å². The molecule has 0 aromatic heterocycles. The van der Waals surface area contributed by atoms with Crippen molar-refractivity contribution in [1.82, 2.24) is 10.6 Å². The summed E-state index contributed by atoms with van der Waals surface area (Å²) in [5.74, 6) is -1.81. The predicted molar refractivity (Wildman–Crippen MR) is 122 cm³/mol. The number of hydrogen-bond donors (Lipinski definition) is 2. The van der Waals surface area contributed by atoms with Crippen molar-refractivity contribution in [3.63, 3.8) is 0 Å². The van der Waals surface area contributed by atoms with E-state index in [1.54, 1.807) is 7.11 Å². The highest BCUT2D eigenvalue weighted by Crippen LogP contribution is 2.36. The van der Waals surface area contributed by atoms with Gasteiger partial charge in [0.1, 0.15) is 5.75 Å². The van der Waals surface area contributed by atoms with Gasteiger partial charge in [0.15, 0.2) is 0 Å². The first-order valence-corrected chi connectivity index (χ1v) is 10.1. The summed E-state index contributed by atoms with van der Waals surface area (Å²) < 4.78 is 33.3. The van der Waals surface area contributed by atoms with Crippen LogP contribution in [0.4, 0.5) is 8.78 Å². The van der Waals surface area contributed by atoms with E-state index in [-0.39, 0.29) is 43.7 Å². The summed E-state index contributed by atoms with van der Waals surface area (Å²) in [6.07, 6.45) is 2.37. The molecule has 7 heteroatoms. The molecule has 2 aromatic carbocycles. The summed E-state index contributed by atoms with van der Waals surface area (Å²) >= 11 is 0. The summed E-state index contributed by atoms with van der Waals surface area (Å²) in [7, 11) is 1.65. The topological polar surface area (TPSA) is 33.3 Å². The molecule has 3 nitrogen and oxygen atoms in total. The Morgan fingerprint density at radius 2 is 1.90 bits per heavy atom. The molecule has 2 atom stereocenters. The highest BCUT2D eigenvalue weighted by Gasteiger charge is 2.34. The Morgan fingerprint density at radius 1 is 1.13 bits per heavy atom. The summed E-state index contributed by atoms with van der Waals surface area (Å²) in [5, 5.41) is 7.28. The van der Waals surface area contributed by atoms with Crippen molar-refractivity contribution >= 4 is 24.8 Å². The molecule has 1 saturated heterocycles. The molecular formula is C23H30Cl2F2N2O. The van der Waals surface area contributed by atoms with E-state index in [0.717, 1.165) is 41.8 Å². The van der Waals surface area contributed by atoms with Crippen LogP contribution in [-0.2, 0) is 19.4 Å². The van der Waals surface area contributed by atoms with E-state index in [0.29, 0.717) is 19.0 Å². The van der Waals surface area contributed by atoms with Crippen molar-refractivity contribution in [1.29, 1.82) is 0 Å². The second-order valence-electron chi connectivity index (χ2n) is 7.94. The predicted octanol–water partition coefficient (Wildman–Crippen LogP) is 5.25. The molecule has 0 radical (unpaired) electrons. The average Bonchev–Trinajstić information content (AvgIpc) is 2.72. The summed E-state index contributed by atoms with van der Waals surface area (Å²) in [6, 6.07) is 14.9. The van der Waals surface area contributed by atoms with Gasteiger partial charge >= 0.3 is 0 Å². The van der Waals surface area contributed by atoms with Crippen LogP contribution in [0.3, 0.4) is 0 Å². The SMILES string of the molecule is COc1cc2c(cc1CNC1CCCNC1c1ccccc1)CC(F)(F)CC2.Cl.Cl. The van der Waals surface area contributed by atoms with Gasteiger partial charge in [0.05, 0.1) is 7.11 Å². The van der Waals surface area contributed by atoms with E-state index in [1.165, 1.54) is 5.56 Å². The van der Waals surface area contributed by atoms with E-state index in [9.17, 15) is 8.78 Å². The van der Waals surface area contributed by atoms with Crippen molar-refractivity contribution in [3.05, 3.63) is 64.7 Å². The molecule has 0 spiro atoms. The lowest BCUT2D eigenvalue weighted by Gasteiger charge is -2.34. The molecule has 2 N–H and O–H groups in total. The Hall–Kier alpha value is -1.40. The fourth-order valence-electron chi connectivity index (χ4n) is 4.49. The number of nitrogens with one attached hydrogen (secondary N) is 2. The van der Waals surface area contributed by atoms with E-state index in [4.69, 9.17) is 4.74 Å². The van der Waals surface area contributed by atoms with Gasteiger partial charge in [-0.3, -0.25) is 0 Å². The number of ether oxygens (including phenoxy) is 1. The Balaban J connectivity index is 0.00000160. The lowest BCUT2D eigenvalue weighted by atomic mass is 9.87. The molecule has 1 aliphatic carbocycles. The third-order valence-electron chi connectivity index (χ3n) is 5.98. The van der Waals surface area contributed by atoms with Gasteiger partial charge in [0.2, 0.25) is 0 Å². The quantitative estimate of drug-likeness (QED) is 0.641. The first-order valence-electron chi connectivity index (χ1n) is 10.1. The molecular weight excluding hydrogens is 429 g/mol. The van der Waals surface area contributed by atoms with Gasteiger partial charge < -0.3 is 15.4 Å². The fourth-order valence-corrected chi connectivity index (χ4v) is 4.49. The smallest absolute Gasteiger partial charge is 0.252 e. The van der Waals surface area contributed by atoms with Crippen LogP contribution >= 0.6 is 24.8 Å². The minimum atomic E-state index is -2.60. The van der Waals surface area contributed by atoms with Crippen molar-refractivity contribution in [2.75, 3.05) is 13.7 Å². The van der Waals surface area contributed by atoms with Crippen LogP contribution in [0.2, 0.25) is 0 Å². The molecule has 2 aliphatic rings. The summed E-state index contributed by atoms with van der Waals surface area (Å²) in [4.78, 5) is 0. The van der Waals surface area contributed by atoms with Gasteiger partial charge in [-0.2, -0.15) is 0 Å². The second-order valence-corrected chi connectivity index (χ2v) is 7.94. The Kier molecular flexibility index (Phi) is 8.92. The molecule has 30 heavy (non-hydrogen) atoms. The second kappa shape index (κ2) is 10.8. The maximum absolute atomic E-state index is 13.9. The molecule has 2 aromatic rings. The molecule has 1 fully saturated rings. The van der Waals surface area contributed by atoms with Crippen LogP contribution in [0.15, 0.2) is 42.5 Å². The van der Waals surface area contributed by atoms with E-state index < -0.39 is 5.92 Å². The van der Waals surface area contributed by atoms with Crippen molar-refractivity contribution < 1.29 is 13.5 Å². The Morgan fingerprint density at radius 3 is 2.63 bits per heavy atom. The minimum Gasteiger partial charge on any atom is -0.496 e. The van der Waals surface area contributed by atoms with Crippen LogP contribution in [-0.4, -0.2) is 25.6 Å². The highest BCUT2D eigenvalue weighted by molar-refractivity contribution is 5.85. The van der Waals surface area contributed by atoms with Crippen molar-refractivity contribution in [2.24, 2.45) is 0 Å². The average molecular weight is 459 g/mol. The van der Waals surface area contributed by atoms with Gasteiger partial charge in [-0.15, -0.1) is 24.8 Å². The highest BCUT2D eigenvalue weighted by atomic mass is 35.5. The monoisotopic (exact) mass is 458 g/mol. The van der Waals surface area contributed by atoms with E-state index >= 15 is 0 Å². The zero-order chi connectivity index (χ0) is 19.6. The summed E-state index contributed by atoms with van der Waals surface area (Å²) in [5.41, 5.74) is 3.98. The normalized spacial score (nSPS) is 22.2. The Bertz CT molecular complexity index is 820. The van der Waals surface area contributed by atoms with Crippen LogP contribution < -0.4 is 15.4 Å². The maximum atomic E-state index is 13.9. The van der Waals surface area contributed by atoms with E-state index in [1.807, 2.05) is 18.2 Å². The van der Waals surface area contributed by atoms with Gasteiger partial charge in [-0.05, 0) is 48.6 Å². The number of halogens is 4. The number of fused-ring (bicyclic) bond motifs is 1. The third kappa shape index (κ3) is 5.64. The summed E-state index contributed by atoms with van der Waals surface area (Å²) in [6.45, 7) is 1.62. The van der Waals surface area contributed by atoms with Gasteiger partial charge in [0, 0.05) is 37.0 Å². The largest absolute Gasteiger partial charge is 0.496 e. The zero-order valence-electron chi connectivity index (χ0n) is 17.1. The fraction of sp³-hybridized carbons (Fsp3) is 0.478. The van der Waals surface area contributed by atoms with Crippen LogP contribution in [0, 0.1) is 0 Å². The number of hydrogen-bond acceptors (Lipinski definition) is 3. The minimum absolute atomic E-state index is 0. The van der Waals surface area contributed by atoms with Crippen LogP contribution in [0.1, 0.15) is 47.6 Å². The zero-order valence-corrected chi connectivity index (χ0v) is 18.8. The number of piperidine rings is 1. The van der Waals surface area contributed by atoms with Gasteiger partial charge in [-0.1, -0.05) is 36.4 Å². The number of alkyl halides is 2. The number of methoxy groups -OCH3 is 1. The molecule has 166 valence electrons. The molecule has 4 rings (SSSR count). The van der Waals surface area contributed by atoms with E-state index in [2.05, 4.69) is 34.9 Å². The van der Waals surface area contributed by atoms with Crippen LogP contribution in [0.5, 0.6) is 5.75 Å². The molecule has 0 saturated carbocycles. The lowest BCUT2D eigenvalue weighted by Crippen LogP contribution is -2.45. The van der Waals surface area contributed by atoms with Crippen molar-refractivity contribution in [2.45, 2.75) is 56.7 Å². The molecule has 1 heterocycles. The molecule has 0 amide bonds. The molecule has 0 bridgehead atoms. The standard InChI is InChI=1S/C23H28F2N2O.2ClH/c1-28-21-13-17-9-10-23(24,25)14-18(17)12-19(21)15-27-20-8-5-11-26-22(20)16-6-3-2-4-7-16;;/h2-4,6-7,12-13,20,22,26-27H,5,8-11,14-15H2,1H3;2*1H. The number of rotatable bonds is 5. The number of benzene rings is 2. The Labute approximate surface area is 189 Å². The van der Waals surface area contributed by atoms with Gasteiger partial charge in [0.25, 0.3) is 5.92 Å². The molecule has 1 aliphatic heterocycles. The lowest BCUT2D eigenvalue weighted by molar-refractivity contribution is -0.0122. The maximum Gasteiger partial charge on any atom is 0.252 e. The first-order chi connectivity index (χ1) is 13.6. The first kappa shape index (κ1) is 24.9. The molecule has 2 unspecified atom stereocenters. The number of aryl methyl sites for hydroxylation is 1. The van der Waals surface area contributed by atoms with Crippen molar-refractivity contribution in [3.8, 4) is 5.75 Å². The third-order valence-corrected chi connectivity index (χ3v) is 5.98.